The Morgan fingerprint density at radius 1 is 1.59 bits per heavy atom. The van der Waals surface area contributed by atoms with Crippen LogP contribution < -0.4 is 4.74 Å². The van der Waals surface area contributed by atoms with Gasteiger partial charge < -0.3 is 14.7 Å². The molecule has 1 N–H and O–H groups in total. The maximum Gasteiger partial charge on any atom is 0.267 e. The van der Waals surface area contributed by atoms with Crippen LogP contribution in [0, 0.1) is 6.92 Å². The normalized spacial score (nSPS) is 11.4. The van der Waals surface area contributed by atoms with Crippen LogP contribution in [0.4, 0.5) is 0 Å². The first-order valence-corrected chi connectivity index (χ1v) is 6.18. The molecule has 0 aliphatic heterocycles. The van der Waals surface area contributed by atoms with E-state index >= 15 is 0 Å². The average Bonchev–Trinajstić information content (AvgIpc) is 2.55. The molecule has 4 nitrogen and oxygen atoms in total. The summed E-state index contributed by atoms with van der Waals surface area (Å²) in [6.07, 6.45) is 0. The second kappa shape index (κ2) is 5.06. The maximum absolute atomic E-state index is 12.2. The molecule has 0 unspecified atom stereocenters. The largest absolute Gasteiger partial charge is 0.495 e. The number of thiophene rings is 1. The van der Waals surface area contributed by atoms with Crippen LogP contribution in [0.1, 0.15) is 28.4 Å². The van der Waals surface area contributed by atoms with E-state index in [1.807, 2.05) is 13.0 Å². The summed E-state index contributed by atoms with van der Waals surface area (Å²) in [6, 6.07) is 1.84. The number of aryl methyl sites for hydroxylation is 1. The fourth-order valence-corrected chi connectivity index (χ4v) is 2.59. The van der Waals surface area contributed by atoms with Crippen LogP contribution >= 0.6 is 11.3 Å². The van der Waals surface area contributed by atoms with Gasteiger partial charge in [-0.3, -0.25) is 4.79 Å². The predicted molar refractivity (Wildman–Crippen MR) is 68.9 cm³/mol. The Morgan fingerprint density at radius 3 is 2.65 bits per heavy atom. The van der Waals surface area contributed by atoms with Gasteiger partial charge in [0.15, 0.2) is 0 Å². The molecule has 0 saturated carbocycles. The highest BCUT2D eigenvalue weighted by molar-refractivity contribution is 7.14. The first-order chi connectivity index (χ1) is 7.74. The summed E-state index contributed by atoms with van der Waals surface area (Å²) >= 11 is 1.40. The van der Waals surface area contributed by atoms with Crippen molar-refractivity contribution in [3.63, 3.8) is 0 Å². The van der Waals surface area contributed by atoms with Gasteiger partial charge in [0.05, 0.1) is 12.7 Å². The highest BCUT2D eigenvalue weighted by atomic mass is 32.1. The first kappa shape index (κ1) is 14.0. The molecule has 1 aromatic rings. The lowest BCUT2D eigenvalue weighted by Crippen LogP contribution is -2.39. The van der Waals surface area contributed by atoms with Crippen molar-refractivity contribution in [1.29, 1.82) is 0 Å². The van der Waals surface area contributed by atoms with Crippen LogP contribution in [-0.4, -0.2) is 42.2 Å². The number of rotatable bonds is 4. The lowest BCUT2D eigenvalue weighted by Gasteiger charge is -2.25. The fourth-order valence-electron chi connectivity index (χ4n) is 1.62. The molecule has 0 bridgehead atoms. The van der Waals surface area contributed by atoms with E-state index in [2.05, 4.69) is 0 Å². The summed E-state index contributed by atoms with van der Waals surface area (Å²) in [6.45, 7) is 5.56. The number of carbonyl (C=O) groups is 1. The van der Waals surface area contributed by atoms with Crippen molar-refractivity contribution in [3.8, 4) is 5.75 Å². The van der Waals surface area contributed by atoms with Gasteiger partial charge >= 0.3 is 0 Å². The number of likely N-dealkylation sites (N-methyl/N-ethyl adjacent to an activating group) is 1. The molecule has 0 aliphatic rings. The van der Waals surface area contributed by atoms with E-state index in [1.54, 1.807) is 28.0 Å². The van der Waals surface area contributed by atoms with Gasteiger partial charge in [-0.1, -0.05) is 0 Å². The van der Waals surface area contributed by atoms with E-state index in [1.165, 1.54) is 16.2 Å². The Bertz CT molecular complexity index is 406. The maximum atomic E-state index is 12.2. The van der Waals surface area contributed by atoms with E-state index in [4.69, 9.17) is 4.74 Å². The van der Waals surface area contributed by atoms with E-state index < -0.39 is 5.60 Å². The quantitative estimate of drug-likeness (QED) is 0.896. The van der Waals surface area contributed by atoms with Crippen molar-refractivity contribution in [1.82, 2.24) is 4.90 Å². The zero-order chi connectivity index (χ0) is 13.2. The van der Waals surface area contributed by atoms with Crippen molar-refractivity contribution in [2.45, 2.75) is 26.4 Å². The monoisotopic (exact) mass is 257 g/mol. The van der Waals surface area contributed by atoms with Crippen LogP contribution in [-0.2, 0) is 0 Å². The molecule has 0 radical (unpaired) electrons. The standard InChI is InChI=1S/C12H19NO3S/c1-8-6-9(16-5)10(17-8)11(14)13(4)7-12(2,3)15/h6,15H,7H2,1-5H3. The van der Waals surface area contributed by atoms with Crippen molar-refractivity contribution in [2.24, 2.45) is 0 Å². The van der Waals surface area contributed by atoms with Gasteiger partial charge in [0, 0.05) is 18.5 Å². The first-order valence-electron chi connectivity index (χ1n) is 5.37. The van der Waals surface area contributed by atoms with Gasteiger partial charge in [-0.2, -0.15) is 0 Å². The zero-order valence-electron chi connectivity index (χ0n) is 10.9. The van der Waals surface area contributed by atoms with E-state index in [-0.39, 0.29) is 12.5 Å². The smallest absolute Gasteiger partial charge is 0.267 e. The molecule has 96 valence electrons. The van der Waals surface area contributed by atoms with Crippen molar-refractivity contribution in [3.05, 3.63) is 15.8 Å². The Morgan fingerprint density at radius 2 is 2.18 bits per heavy atom. The minimum atomic E-state index is -0.899. The Balaban J connectivity index is 2.88. The number of methoxy groups -OCH3 is 1. The number of ether oxygens (including phenoxy) is 1. The van der Waals surface area contributed by atoms with Gasteiger partial charge in [-0.25, -0.2) is 0 Å². The topological polar surface area (TPSA) is 49.8 Å². The van der Waals surface area contributed by atoms with Gasteiger partial charge in [0.1, 0.15) is 10.6 Å². The van der Waals surface area contributed by atoms with Crippen LogP contribution in [0.5, 0.6) is 5.75 Å². The van der Waals surface area contributed by atoms with E-state index in [0.717, 1.165) is 4.88 Å². The number of carbonyl (C=O) groups excluding carboxylic acids is 1. The molecule has 5 heteroatoms. The number of nitrogens with zero attached hydrogens (tertiary/aromatic N) is 1. The second-order valence-electron chi connectivity index (χ2n) is 4.73. The van der Waals surface area contributed by atoms with Gasteiger partial charge in [-0.15, -0.1) is 11.3 Å². The summed E-state index contributed by atoms with van der Waals surface area (Å²) in [5.74, 6) is 0.474. The van der Waals surface area contributed by atoms with Gasteiger partial charge in [0.2, 0.25) is 0 Å². The molecule has 0 aliphatic carbocycles. The third kappa shape index (κ3) is 3.71. The summed E-state index contributed by atoms with van der Waals surface area (Å²) in [4.78, 5) is 15.3. The summed E-state index contributed by atoms with van der Waals surface area (Å²) < 4.78 is 5.17. The molecular formula is C12H19NO3S. The highest BCUT2D eigenvalue weighted by Gasteiger charge is 2.24. The molecule has 0 saturated heterocycles. The SMILES string of the molecule is COc1cc(C)sc1C(=O)N(C)CC(C)(C)O. The van der Waals surface area contributed by atoms with E-state index in [9.17, 15) is 9.90 Å². The number of aliphatic hydroxyl groups is 1. The number of hydrogen-bond acceptors (Lipinski definition) is 4. The van der Waals surface area contributed by atoms with Crippen molar-refractivity contribution < 1.29 is 14.6 Å². The lowest BCUT2D eigenvalue weighted by molar-refractivity contribution is 0.0369. The third-order valence-corrected chi connectivity index (χ3v) is 3.23. The Hall–Kier alpha value is -1.07. The molecule has 0 atom stereocenters. The molecule has 1 rings (SSSR count). The van der Waals surface area contributed by atoms with Crippen LogP contribution in [0.3, 0.4) is 0 Å². The molecule has 1 aromatic heterocycles. The summed E-state index contributed by atoms with van der Waals surface area (Å²) in [5, 5.41) is 9.69. The van der Waals surface area contributed by atoms with Crippen LogP contribution in [0.2, 0.25) is 0 Å². The molecule has 0 spiro atoms. The zero-order valence-corrected chi connectivity index (χ0v) is 11.7. The van der Waals surface area contributed by atoms with Crippen LogP contribution in [0.25, 0.3) is 0 Å². The molecule has 1 amide bonds. The minimum Gasteiger partial charge on any atom is -0.495 e. The Kier molecular flexibility index (Phi) is 4.16. The van der Waals surface area contributed by atoms with E-state index in [0.29, 0.717) is 10.6 Å². The molecule has 0 fully saturated rings. The number of amides is 1. The van der Waals surface area contributed by atoms with Crippen LogP contribution in [0.15, 0.2) is 6.07 Å². The van der Waals surface area contributed by atoms with Crippen molar-refractivity contribution in [2.75, 3.05) is 20.7 Å². The Labute approximate surface area is 106 Å². The third-order valence-electron chi connectivity index (χ3n) is 2.21. The fraction of sp³-hybridized carbons (Fsp3) is 0.583. The summed E-state index contributed by atoms with van der Waals surface area (Å²) in [7, 11) is 3.23. The predicted octanol–water partition coefficient (Wildman–Crippen LogP) is 1.91. The molecule has 17 heavy (non-hydrogen) atoms. The molecular weight excluding hydrogens is 238 g/mol. The molecule has 0 aromatic carbocycles. The summed E-state index contributed by atoms with van der Waals surface area (Å²) in [5.41, 5.74) is -0.899. The van der Waals surface area contributed by atoms with Gasteiger partial charge in [-0.05, 0) is 26.8 Å². The van der Waals surface area contributed by atoms with Gasteiger partial charge in [0.25, 0.3) is 5.91 Å². The van der Waals surface area contributed by atoms with Crippen molar-refractivity contribution >= 4 is 17.2 Å². The highest BCUT2D eigenvalue weighted by Crippen LogP contribution is 2.29. The second-order valence-corrected chi connectivity index (χ2v) is 5.98. The molecule has 1 heterocycles. The number of hydrogen-bond donors (Lipinski definition) is 1. The lowest BCUT2D eigenvalue weighted by atomic mass is 10.1. The average molecular weight is 257 g/mol. The minimum absolute atomic E-state index is 0.123.